The Kier molecular flexibility index (Phi) is 5.32. The number of nitrogens with two attached hydrogens (primary N) is 1. The lowest BCUT2D eigenvalue weighted by atomic mass is 10.1. The summed E-state index contributed by atoms with van der Waals surface area (Å²) in [7, 11) is 0. The van der Waals surface area contributed by atoms with Crippen molar-refractivity contribution in [2.75, 3.05) is 0 Å². The molecule has 0 unspecified atom stereocenters. The molecule has 10 heavy (non-hydrogen) atoms. The van der Waals surface area contributed by atoms with Crippen molar-refractivity contribution < 1.29 is 0 Å². The van der Waals surface area contributed by atoms with Crippen LogP contribution in [0.5, 0.6) is 0 Å². The first-order valence-electron chi connectivity index (χ1n) is 4.03. The van der Waals surface area contributed by atoms with Crippen molar-refractivity contribution in [3.05, 3.63) is 12.2 Å². The lowest BCUT2D eigenvalue weighted by molar-refractivity contribution is 0.659. The van der Waals surface area contributed by atoms with Crippen LogP contribution in [0.1, 0.15) is 33.6 Å². The Hall–Kier alpha value is -0.300. The zero-order valence-corrected chi connectivity index (χ0v) is 7.30. The Morgan fingerprint density at radius 1 is 1.10 bits per heavy atom. The molecule has 1 atom stereocenters. The molecule has 0 aromatic rings. The van der Waals surface area contributed by atoms with Crippen molar-refractivity contribution in [2.45, 2.75) is 39.7 Å². The molecule has 0 aromatic carbocycles. The van der Waals surface area contributed by atoms with Gasteiger partial charge in [0.15, 0.2) is 0 Å². The summed E-state index contributed by atoms with van der Waals surface area (Å²) in [6, 6.07) is 0.309. The third kappa shape index (κ3) is 7.70. The Labute approximate surface area is 64.3 Å². The van der Waals surface area contributed by atoms with E-state index in [1.807, 2.05) is 6.92 Å². The molecule has 60 valence electrons. The highest BCUT2D eigenvalue weighted by Gasteiger charge is 1.89. The fourth-order valence-corrected chi connectivity index (χ4v) is 0.679. The second kappa shape index (κ2) is 5.48. The lowest BCUT2D eigenvalue weighted by Crippen LogP contribution is -2.12. The van der Waals surface area contributed by atoms with Gasteiger partial charge in [0, 0.05) is 6.04 Å². The molecule has 2 N–H and O–H groups in total. The summed E-state index contributed by atoms with van der Waals surface area (Å²) in [6.45, 7) is 6.46. The Bertz CT molecular complexity index is 80.9. The van der Waals surface area contributed by atoms with Gasteiger partial charge in [-0.1, -0.05) is 26.0 Å². The van der Waals surface area contributed by atoms with Crippen molar-refractivity contribution in [3.63, 3.8) is 0 Å². The van der Waals surface area contributed by atoms with E-state index >= 15 is 0 Å². The van der Waals surface area contributed by atoms with Gasteiger partial charge in [-0.3, -0.25) is 0 Å². The maximum absolute atomic E-state index is 5.56. The SMILES string of the molecule is CC(C)C/C=C\C[C@@H](C)N. The predicted octanol–water partition coefficient (Wildman–Crippen LogP) is 2.33. The van der Waals surface area contributed by atoms with E-state index in [9.17, 15) is 0 Å². The van der Waals surface area contributed by atoms with Gasteiger partial charge in [0.2, 0.25) is 0 Å². The molecule has 0 aliphatic rings. The summed E-state index contributed by atoms with van der Waals surface area (Å²) < 4.78 is 0. The molecule has 0 saturated heterocycles. The quantitative estimate of drug-likeness (QED) is 0.597. The Balaban J connectivity index is 3.20. The zero-order chi connectivity index (χ0) is 7.98. The molecule has 0 saturated carbocycles. The number of rotatable bonds is 4. The largest absolute Gasteiger partial charge is 0.328 e. The van der Waals surface area contributed by atoms with Gasteiger partial charge in [0.1, 0.15) is 0 Å². The smallest absolute Gasteiger partial charge is 0.00449 e. The topological polar surface area (TPSA) is 26.0 Å². The highest BCUT2D eigenvalue weighted by atomic mass is 14.6. The third-order valence-corrected chi connectivity index (χ3v) is 1.28. The molecule has 0 fully saturated rings. The molecule has 1 nitrogen and oxygen atoms in total. The summed E-state index contributed by atoms with van der Waals surface area (Å²) in [5.74, 6) is 0.768. The maximum Gasteiger partial charge on any atom is 0.00449 e. The van der Waals surface area contributed by atoms with Crippen LogP contribution in [0.3, 0.4) is 0 Å². The zero-order valence-electron chi connectivity index (χ0n) is 7.30. The summed E-state index contributed by atoms with van der Waals surface area (Å²) in [6.07, 6.45) is 6.57. The Morgan fingerprint density at radius 2 is 1.60 bits per heavy atom. The Morgan fingerprint density at radius 3 is 2.00 bits per heavy atom. The van der Waals surface area contributed by atoms with E-state index in [0.29, 0.717) is 6.04 Å². The first kappa shape index (κ1) is 9.70. The standard InChI is InChI=1S/C9H19N/c1-8(2)6-4-5-7-9(3)10/h4-5,8-9H,6-7,10H2,1-3H3/b5-4-/t9-/m1/s1. The molecule has 0 radical (unpaired) electrons. The highest BCUT2D eigenvalue weighted by Crippen LogP contribution is 2.00. The minimum atomic E-state index is 0.309. The molecule has 0 bridgehead atoms. The lowest BCUT2D eigenvalue weighted by Gasteiger charge is -1.99. The molecular formula is C9H19N. The van der Waals surface area contributed by atoms with E-state index in [0.717, 1.165) is 12.3 Å². The van der Waals surface area contributed by atoms with E-state index < -0.39 is 0 Å². The third-order valence-electron chi connectivity index (χ3n) is 1.28. The normalized spacial score (nSPS) is 14.9. The molecule has 0 aliphatic carbocycles. The molecule has 0 heterocycles. The van der Waals surface area contributed by atoms with Crippen LogP contribution in [-0.4, -0.2) is 6.04 Å². The van der Waals surface area contributed by atoms with Crippen LogP contribution in [0.25, 0.3) is 0 Å². The van der Waals surface area contributed by atoms with Crippen LogP contribution in [0, 0.1) is 5.92 Å². The first-order chi connectivity index (χ1) is 4.63. The van der Waals surface area contributed by atoms with Gasteiger partial charge >= 0.3 is 0 Å². The summed E-state index contributed by atoms with van der Waals surface area (Å²) in [5.41, 5.74) is 5.56. The van der Waals surface area contributed by atoms with Crippen LogP contribution in [-0.2, 0) is 0 Å². The van der Waals surface area contributed by atoms with Crippen LogP contribution < -0.4 is 5.73 Å². The van der Waals surface area contributed by atoms with E-state index in [4.69, 9.17) is 5.73 Å². The van der Waals surface area contributed by atoms with Gasteiger partial charge in [-0.05, 0) is 25.7 Å². The van der Waals surface area contributed by atoms with Crippen molar-refractivity contribution in [2.24, 2.45) is 11.7 Å². The number of hydrogen-bond donors (Lipinski definition) is 1. The van der Waals surface area contributed by atoms with Crippen molar-refractivity contribution >= 4 is 0 Å². The van der Waals surface area contributed by atoms with Crippen LogP contribution in [0.2, 0.25) is 0 Å². The minimum absolute atomic E-state index is 0.309. The fourth-order valence-electron chi connectivity index (χ4n) is 0.679. The van der Waals surface area contributed by atoms with E-state index in [1.54, 1.807) is 0 Å². The first-order valence-corrected chi connectivity index (χ1v) is 4.03. The average Bonchev–Trinajstić information content (AvgIpc) is 1.79. The fraction of sp³-hybridized carbons (Fsp3) is 0.778. The second-order valence-electron chi connectivity index (χ2n) is 3.31. The number of allylic oxidation sites excluding steroid dienone is 1. The second-order valence-corrected chi connectivity index (χ2v) is 3.31. The molecule has 0 aliphatic heterocycles. The average molecular weight is 141 g/mol. The monoisotopic (exact) mass is 141 g/mol. The number of hydrogen-bond acceptors (Lipinski definition) is 1. The van der Waals surface area contributed by atoms with Gasteiger partial charge < -0.3 is 5.73 Å². The summed E-state index contributed by atoms with van der Waals surface area (Å²) in [4.78, 5) is 0. The van der Waals surface area contributed by atoms with Crippen LogP contribution in [0.4, 0.5) is 0 Å². The molecule has 0 rings (SSSR count). The maximum atomic E-state index is 5.56. The molecule has 1 heteroatoms. The summed E-state index contributed by atoms with van der Waals surface area (Å²) >= 11 is 0. The molecular weight excluding hydrogens is 122 g/mol. The predicted molar refractivity (Wildman–Crippen MR) is 46.9 cm³/mol. The summed E-state index contributed by atoms with van der Waals surface area (Å²) in [5, 5.41) is 0. The van der Waals surface area contributed by atoms with Gasteiger partial charge in [-0.15, -0.1) is 0 Å². The van der Waals surface area contributed by atoms with Crippen LogP contribution >= 0.6 is 0 Å². The van der Waals surface area contributed by atoms with E-state index in [2.05, 4.69) is 26.0 Å². The van der Waals surface area contributed by atoms with Crippen molar-refractivity contribution in [3.8, 4) is 0 Å². The van der Waals surface area contributed by atoms with Gasteiger partial charge in [0.05, 0.1) is 0 Å². The molecule has 0 amide bonds. The molecule has 0 spiro atoms. The minimum Gasteiger partial charge on any atom is -0.328 e. The van der Waals surface area contributed by atoms with Crippen molar-refractivity contribution in [1.82, 2.24) is 0 Å². The highest BCUT2D eigenvalue weighted by molar-refractivity contribution is 4.84. The van der Waals surface area contributed by atoms with Gasteiger partial charge in [-0.2, -0.15) is 0 Å². The van der Waals surface area contributed by atoms with Crippen molar-refractivity contribution in [1.29, 1.82) is 0 Å². The van der Waals surface area contributed by atoms with E-state index in [-0.39, 0.29) is 0 Å². The van der Waals surface area contributed by atoms with Crippen LogP contribution in [0.15, 0.2) is 12.2 Å². The van der Waals surface area contributed by atoms with E-state index in [1.165, 1.54) is 6.42 Å². The van der Waals surface area contributed by atoms with Gasteiger partial charge in [-0.25, -0.2) is 0 Å². The van der Waals surface area contributed by atoms with Gasteiger partial charge in [0.25, 0.3) is 0 Å². The molecule has 0 aromatic heterocycles.